The number of aromatic nitrogens is 3. The van der Waals surface area contributed by atoms with Gasteiger partial charge in [0.2, 0.25) is 0 Å². The van der Waals surface area contributed by atoms with E-state index < -0.39 is 0 Å². The van der Waals surface area contributed by atoms with Crippen LogP contribution in [0.25, 0.3) is 0 Å². The quantitative estimate of drug-likeness (QED) is 0.113. The van der Waals surface area contributed by atoms with Crippen LogP contribution < -0.4 is 14.2 Å². The molecule has 54 heavy (non-hydrogen) atoms. The predicted molar refractivity (Wildman–Crippen MR) is 224 cm³/mol. The molecule has 7 rings (SSSR count). The monoisotopic (exact) mass is 900 g/mol. The van der Waals surface area contributed by atoms with Gasteiger partial charge in [-0.15, -0.1) is 15.0 Å². The lowest BCUT2D eigenvalue weighted by Crippen LogP contribution is -2.01. The maximum Gasteiger partial charge on any atom is 0.331 e. The van der Waals surface area contributed by atoms with E-state index in [1.807, 2.05) is 109 Å². The van der Waals surface area contributed by atoms with Gasteiger partial charge in [0.1, 0.15) is 17.2 Å². The highest BCUT2D eigenvalue weighted by atomic mass is 79.9. The fourth-order valence-corrected chi connectivity index (χ4v) is 5.46. The molecule has 0 saturated heterocycles. The van der Waals surface area contributed by atoms with Crippen molar-refractivity contribution in [1.82, 2.24) is 15.0 Å². The average molecular weight is 903 g/mol. The number of rotatable bonds is 12. The molecule has 0 N–H and O–H groups in total. The van der Waals surface area contributed by atoms with Gasteiger partial charge in [0, 0.05) is 32.1 Å². The summed E-state index contributed by atoms with van der Waals surface area (Å²) in [5.74, 6) is 1.51. The van der Waals surface area contributed by atoms with Gasteiger partial charge >= 0.3 is 18.0 Å². The highest BCUT2D eigenvalue weighted by molar-refractivity contribution is 9.11. The van der Waals surface area contributed by atoms with Gasteiger partial charge in [-0.1, -0.05) is 47.8 Å². The predicted octanol–water partition coefficient (Wildman–Crippen LogP) is 12.8. The lowest BCUT2D eigenvalue weighted by molar-refractivity contribution is 0.362. The number of nitrogens with zero attached hydrogens (tertiary/aromatic N) is 6. The Balaban J connectivity index is 1.08. The van der Waals surface area contributed by atoms with Gasteiger partial charge in [0.25, 0.3) is 0 Å². The van der Waals surface area contributed by atoms with Crippen molar-refractivity contribution in [3.05, 3.63) is 176 Å². The van der Waals surface area contributed by atoms with E-state index in [0.717, 1.165) is 47.2 Å². The summed E-state index contributed by atoms with van der Waals surface area (Å²) in [6, 6.07) is 45.4. The van der Waals surface area contributed by atoms with Gasteiger partial charge in [-0.3, -0.25) is 15.0 Å². The molecule has 0 aliphatic carbocycles. The van der Waals surface area contributed by atoms with E-state index in [4.69, 9.17) is 14.2 Å². The zero-order valence-electron chi connectivity index (χ0n) is 28.1. The standard InChI is InChI=1S/C42H27Br3N6O3/c43-31-7-13-34(14-8-31)46-25-28-1-19-37(20-2-28)52-40-49-41(53-38-21-3-29(4-22-38)26-47-35-15-9-32(44)10-16-35)51-42(50-40)54-39-23-5-30(6-24-39)27-48-36-17-11-33(45)12-18-36/h1-27H. The van der Waals surface area contributed by atoms with Crippen LogP contribution >= 0.6 is 47.8 Å². The van der Waals surface area contributed by atoms with Gasteiger partial charge in [0.05, 0.1) is 17.1 Å². The molecule has 1 heterocycles. The van der Waals surface area contributed by atoms with E-state index in [2.05, 4.69) is 77.7 Å². The Labute approximate surface area is 336 Å². The molecule has 0 bridgehead atoms. The number of halogens is 3. The number of hydrogen-bond acceptors (Lipinski definition) is 9. The fourth-order valence-electron chi connectivity index (χ4n) is 4.67. The summed E-state index contributed by atoms with van der Waals surface area (Å²) in [6.07, 6.45) is 5.34. The number of benzene rings is 6. The van der Waals surface area contributed by atoms with E-state index in [1.165, 1.54) is 0 Å². The maximum atomic E-state index is 6.05. The first kappa shape index (κ1) is 36.5. The Morgan fingerprint density at radius 2 is 0.574 bits per heavy atom. The molecular formula is C42H27Br3N6O3. The Kier molecular flexibility index (Phi) is 12.0. The summed E-state index contributed by atoms with van der Waals surface area (Å²) >= 11 is 10.3. The van der Waals surface area contributed by atoms with Gasteiger partial charge < -0.3 is 14.2 Å². The highest BCUT2D eigenvalue weighted by Crippen LogP contribution is 2.28. The molecule has 12 heteroatoms. The molecule has 0 fully saturated rings. The van der Waals surface area contributed by atoms with E-state index in [9.17, 15) is 0 Å². The first-order chi connectivity index (χ1) is 26.4. The topological polar surface area (TPSA) is 103 Å². The summed E-state index contributed by atoms with van der Waals surface area (Å²) in [5.41, 5.74) is 5.21. The van der Waals surface area contributed by atoms with Crippen molar-refractivity contribution in [2.75, 3.05) is 0 Å². The summed E-state index contributed by atoms with van der Waals surface area (Å²) in [7, 11) is 0. The van der Waals surface area contributed by atoms with Crippen LogP contribution in [0.2, 0.25) is 0 Å². The number of aliphatic imine (C=N–C) groups is 3. The van der Waals surface area contributed by atoms with Crippen LogP contribution in [0.5, 0.6) is 35.3 Å². The summed E-state index contributed by atoms with van der Waals surface area (Å²) in [6.45, 7) is 0. The molecule has 0 saturated carbocycles. The van der Waals surface area contributed by atoms with Gasteiger partial charge in [-0.2, -0.15) is 0 Å². The smallest absolute Gasteiger partial charge is 0.331 e. The van der Waals surface area contributed by atoms with Crippen molar-refractivity contribution in [1.29, 1.82) is 0 Å². The largest absolute Gasteiger partial charge is 0.424 e. The SMILES string of the molecule is Brc1ccc(N=Cc2ccc(Oc3nc(Oc4ccc(C=Nc5ccc(Br)cc5)cc4)nc(Oc4ccc(C=Nc5ccc(Br)cc5)cc4)n3)cc2)cc1. The summed E-state index contributed by atoms with van der Waals surface area (Å²) in [4.78, 5) is 26.9. The fraction of sp³-hybridized carbons (Fsp3) is 0. The van der Waals surface area contributed by atoms with Crippen molar-refractivity contribution in [3.63, 3.8) is 0 Å². The zero-order valence-corrected chi connectivity index (χ0v) is 32.9. The molecule has 7 aromatic rings. The minimum absolute atomic E-state index is 0.0113. The van der Waals surface area contributed by atoms with Crippen molar-refractivity contribution in [3.8, 4) is 35.3 Å². The highest BCUT2D eigenvalue weighted by Gasteiger charge is 2.13. The van der Waals surface area contributed by atoms with Crippen LogP contribution in [0.15, 0.2) is 174 Å². The average Bonchev–Trinajstić information content (AvgIpc) is 3.19. The minimum Gasteiger partial charge on any atom is -0.424 e. The summed E-state index contributed by atoms with van der Waals surface area (Å²) < 4.78 is 21.2. The lowest BCUT2D eigenvalue weighted by Gasteiger charge is -2.10. The Hall–Kier alpha value is -5.82. The van der Waals surface area contributed by atoms with Crippen LogP contribution in [-0.4, -0.2) is 33.6 Å². The van der Waals surface area contributed by atoms with Crippen LogP contribution in [-0.2, 0) is 0 Å². The molecule has 0 radical (unpaired) electrons. The van der Waals surface area contributed by atoms with Crippen molar-refractivity contribution >= 4 is 83.5 Å². The maximum absolute atomic E-state index is 6.05. The molecule has 0 atom stereocenters. The van der Waals surface area contributed by atoms with Gasteiger partial charge in [0.15, 0.2) is 0 Å². The third kappa shape index (κ3) is 10.9. The van der Waals surface area contributed by atoms with E-state index in [-0.39, 0.29) is 18.0 Å². The van der Waals surface area contributed by atoms with Gasteiger partial charge in [-0.25, -0.2) is 0 Å². The molecule has 1 aromatic heterocycles. The van der Waals surface area contributed by atoms with E-state index >= 15 is 0 Å². The molecule has 0 amide bonds. The number of hydrogen-bond donors (Lipinski definition) is 0. The van der Waals surface area contributed by atoms with Crippen molar-refractivity contribution in [2.45, 2.75) is 0 Å². The molecule has 9 nitrogen and oxygen atoms in total. The van der Waals surface area contributed by atoms with E-state index in [1.54, 1.807) is 55.0 Å². The van der Waals surface area contributed by atoms with E-state index in [0.29, 0.717) is 17.2 Å². The molecule has 0 aliphatic rings. The first-order valence-corrected chi connectivity index (χ1v) is 18.8. The van der Waals surface area contributed by atoms with Crippen LogP contribution in [0.1, 0.15) is 16.7 Å². The molecule has 0 unspecified atom stereocenters. The minimum atomic E-state index is -0.0113. The van der Waals surface area contributed by atoms with Crippen LogP contribution in [0.3, 0.4) is 0 Å². The molecule has 264 valence electrons. The van der Waals surface area contributed by atoms with Crippen molar-refractivity contribution < 1.29 is 14.2 Å². The second-order valence-electron chi connectivity index (χ2n) is 11.4. The molecular weight excluding hydrogens is 876 g/mol. The number of ether oxygens (including phenoxy) is 3. The Morgan fingerprint density at radius 1 is 0.333 bits per heavy atom. The second-order valence-corrected chi connectivity index (χ2v) is 14.1. The molecule has 0 aliphatic heterocycles. The Bertz CT molecular complexity index is 2120. The Morgan fingerprint density at radius 3 is 0.815 bits per heavy atom. The first-order valence-electron chi connectivity index (χ1n) is 16.4. The van der Waals surface area contributed by atoms with Crippen LogP contribution in [0, 0.1) is 0 Å². The second kappa shape index (κ2) is 17.8. The molecule has 0 spiro atoms. The summed E-state index contributed by atoms with van der Waals surface area (Å²) in [5, 5.41) is 0. The third-order valence-corrected chi connectivity index (χ3v) is 9.00. The lowest BCUT2D eigenvalue weighted by atomic mass is 10.2. The third-order valence-electron chi connectivity index (χ3n) is 7.41. The molecule has 6 aromatic carbocycles. The van der Waals surface area contributed by atoms with Gasteiger partial charge in [-0.05, 0) is 162 Å². The zero-order chi connectivity index (χ0) is 37.1. The normalized spacial score (nSPS) is 11.4. The van der Waals surface area contributed by atoms with Crippen LogP contribution in [0.4, 0.5) is 17.1 Å². The van der Waals surface area contributed by atoms with Crippen molar-refractivity contribution in [2.24, 2.45) is 15.0 Å².